The molecule has 1 unspecified atom stereocenters. The van der Waals surface area contributed by atoms with E-state index in [1.54, 1.807) is 12.3 Å². The zero-order valence-corrected chi connectivity index (χ0v) is 9.30. The molecule has 4 nitrogen and oxygen atoms in total. The molecule has 0 saturated heterocycles. The van der Waals surface area contributed by atoms with Gasteiger partial charge in [-0.3, -0.25) is 0 Å². The molecule has 1 aliphatic carbocycles. The molecule has 2 aromatic rings. The molecule has 4 heteroatoms. The zero-order chi connectivity index (χ0) is 11.1. The van der Waals surface area contributed by atoms with E-state index in [1.165, 1.54) is 23.8 Å². The van der Waals surface area contributed by atoms with Crippen molar-refractivity contribution in [2.45, 2.75) is 32.1 Å². The van der Waals surface area contributed by atoms with E-state index >= 15 is 0 Å². The van der Waals surface area contributed by atoms with Crippen molar-refractivity contribution in [3.63, 3.8) is 0 Å². The topological polar surface area (TPSA) is 50.4 Å². The minimum Gasteiger partial charge on any atom is -0.493 e. The van der Waals surface area contributed by atoms with Crippen molar-refractivity contribution in [3.8, 4) is 5.88 Å². The zero-order valence-electron chi connectivity index (χ0n) is 9.30. The van der Waals surface area contributed by atoms with Crippen LogP contribution in [-0.2, 0) is 0 Å². The first kappa shape index (κ1) is 9.63. The highest BCUT2D eigenvalue weighted by Gasteiger charge is 2.26. The largest absolute Gasteiger partial charge is 0.493 e. The fourth-order valence-electron chi connectivity index (χ4n) is 2.33. The molecular formula is C12H15N3O. The fourth-order valence-corrected chi connectivity index (χ4v) is 2.33. The van der Waals surface area contributed by atoms with Crippen molar-refractivity contribution in [2.75, 3.05) is 0 Å². The minimum absolute atomic E-state index is 0.177. The van der Waals surface area contributed by atoms with Crippen molar-refractivity contribution in [2.24, 2.45) is 5.92 Å². The summed E-state index contributed by atoms with van der Waals surface area (Å²) in [5, 5.41) is 13.8. The van der Waals surface area contributed by atoms with Crippen LogP contribution in [0.5, 0.6) is 5.88 Å². The van der Waals surface area contributed by atoms with Crippen LogP contribution in [0.25, 0.3) is 5.65 Å². The van der Waals surface area contributed by atoms with Crippen LogP contribution in [0.3, 0.4) is 0 Å². The molecule has 1 N–H and O–H groups in total. The van der Waals surface area contributed by atoms with Gasteiger partial charge in [0, 0.05) is 18.1 Å². The van der Waals surface area contributed by atoms with Crippen LogP contribution < -0.4 is 0 Å². The molecule has 1 aliphatic rings. The van der Waals surface area contributed by atoms with Gasteiger partial charge in [-0.15, -0.1) is 0 Å². The quantitative estimate of drug-likeness (QED) is 0.840. The highest BCUT2D eigenvalue weighted by molar-refractivity contribution is 5.41. The van der Waals surface area contributed by atoms with E-state index in [9.17, 15) is 5.11 Å². The molecule has 0 bridgehead atoms. The van der Waals surface area contributed by atoms with Gasteiger partial charge < -0.3 is 5.11 Å². The lowest BCUT2D eigenvalue weighted by Gasteiger charge is -2.31. The van der Waals surface area contributed by atoms with Crippen LogP contribution in [0, 0.1) is 5.92 Å². The van der Waals surface area contributed by atoms with E-state index in [0.29, 0.717) is 5.92 Å². The molecule has 1 atom stereocenters. The highest BCUT2D eigenvalue weighted by Crippen LogP contribution is 2.38. The summed E-state index contributed by atoms with van der Waals surface area (Å²) in [6.07, 6.45) is 5.55. The lowest BCUT2D eigenvalue weighted by atomic mass is 9.75. The minimum atomic E-state index is 0.177. The third-order valence-electron chi connectivity index (χ3n) is 3.68. The third-order valence-corrected chi connectivity index (χ3v) is 3.68. The van der Waals surface area contributed by atoms with Gasteiger partial charge >= 0.3 is 0 Å². The first-order valence-corrected chi connectivity index (χ1v) is 5.79. The lowest BCUT2D eigenvalue weighted by Crippen LogP contribution is -2.19. The summed E-state index contributed by atoms with van der Waals surface area (Å²) < 4.78 is 1.46. The molecule has 2 aromatic heterocycles. The number of aromatic hydroxyl groups is 1. The van der Waals surface area contributed by atoms with Gasteiger partial charge in [0.15, 0.2) is 5.65 Å². The molecule has 0 spiro atoms. The molecule has 0 radical (unpaired) electrons. The first-order chi connectivity index (χ1) is 7.75. The van der Waals surface area contributed by atoms with E-state index in [-0.39, 0.29) is 5.88 Å². The van der Waals surface area contributed by atoms with Gasteiger partial charge in [0.25, 0.3) is 0 Å². The van der Waals surface area contributed by atoms with Crippen molar-refractivity contribution >= 4 is 5.65 Å². The van der Waals surface area contributed by atoms with E-state index in [1.807, 2.05) is 6.07 Å². The van der Waals surface area contributed by atoms with Crippen LogP contribution in [0.4, 0.5) is 0 Å². The fraction of sp³-hybridized carbons (Fsp3) is 0.500. The Labute approximate surface area is 93.9 Å². The monoisotopic (exact) mass is 217 g/mol. The Hall–Kier alpha value is -1.58. The van der Waals surface area contributed by atoms with Crippen LogP contribution in [0.15, 0.2) is 18.3 Å². The van der Waals surface area contributed by atoms with E-state index in [4.69, 9.17) is 0 Å². The second-order valence-corrected chi connectivity index (χ2v) is 4.62. The van der Waals surface area contributed by atoms with Gasteiger partial charge in [0.1, 0.15) is 0 Å². The van der Waals surface area contributed by atoms with Gasteiger partial charge in [-0.25, -0.2) is 4.98 Å². The molecule has 1 fully saturated rings. The Balaban J connectivity index is 2.02. The van der Waals surface area contributed by atoms with Gasteiger partial charge in [-0.05, 0) is 18.8 Å². The van der Waals surface area contributed by atoms with E-state index < -0.39 is 0 Å². The highest BCUT2D eigenvalue weighted by atomic mass is 16.3. The normalized spacial score (nSPS) is 18.6. The first-order valence-electron chi connectivity index (χ1n) is 5.79. The molecule has 84 valence electrons. The smallest absolute Gasteiger partial charge is 0.215 e. The van der Waals surface area contributed by atoms with Gasteiger partial charge in [0.05, 0.1) is 11.9 Å². The maximum absolute atomic E-state index is 9.82. The van der Waals surface area contributed by atoms with Crippen molar-refractivity contribution in [1.29, 1.82) is 0 Å². The molecule has 1 saturated carbocycles. The van der Waals surface area contributed by atoms with Gasteiger partial charge in [-0.2, -0.15) is 9.61 Å². The average molecular weight is 217 g/mol. The molecule has 2 heterocycles. The second-order valence-electron chi connectivity index (χ2n) is 4.62. The number of rotatable bonds is 2. The van der Waals surface area contributed by atoms with Crippen molar-refractivity contribution in [3.05, 3.63) is 24.0 Å². The number of nitrogens with zero attached hydrogens (tertiary/aromatic N) is 3. The van der Waals surface area contributed by atoms with Crippen LogP contribution in [-0.4, -0.2) is 19.7 Å². The van der Waals surface area contributed by atoms with Crippen LogP contribution >= 0.6 is 0 Å². The summed E-state index contributed by atoms with van der Waals surface area (Å²) in [6, 6.07) is 3.56. The summed E-state index contributed by atoms with van der Waals surface area (Å²) in [4.78, 5) is 4.54. The molecule has 16 heavy (non-hydrogen) atoms. The van der Waals surface area contributed by atoms with Crippen LogP contribution in [0.1, 0.15) is 37.8 Å². The molecule has 0 amide bonds. The SMILES string of the molecule is CC(c1cc(O)n2nccc2n1)C1CCC1. The lowest BCUT2D eigenvalue weighted by molar-refractivity contribution is 0.268. The number of hydrogen-bond donors (Lipinski definition) is 1. The molecule has 0 aliphatic heterocycles. The number of aromatic nitrogens is 3. The number of hydrogen-bond acceptors (Lipinski definition) is 3. The van der Waals surface area contributed by atoms with Crippen molar-refractivity contribution in [1.82, 2.24) is 14.6 Å². The molecular weight excluding hydrogens is 202 g/mol. The Morgan fingerprint density at radius 2 is 2.31 bits per heavy atom. The Morgan fingerprint density at radius 3 is 3.00 bits per heavy atom. The van der Waals surface area contributed by atoms with Gasteiger partial charge in [-0.1, -0.05) is 13.3 Å². The standard InChI is InChI=1S/C12H15N3O/c1-8(9-3-2-4-9)10-7-12(16)15-11(14-10)5-6-13-15/h5-9,16H,2-4H2,1H3. The average Bonchev–Trinajstić information content (AvgIpc) is 2.63. The van der Waals surface area contributed by atoms with E-state index in [0.717, 1.165) is 17.3 Å². The van der Waals surface area contributed by atoms with Gasteiger partial charge in [0.2, 0.25) is 5.88 Å². The summed E-state index contributed by atoms with van der Waals surface area (Å²) in [7, 11) is 0. The number of fused-ring (bicyclic) bond motifs is 1. The summed E-state index contributed by atoms with van der Waals surface area (Å²) in [6.45, 7) is 2.19. The van der Waals surface area contributed by atoms with Crippen molar-refractivity contribution < 1.29 is 5.11 Å². The Morgan fingerprint density at radius 1 is 1.50 bits per heavy atom. The second kappa shape index (κ2) is 3.47. The Kier molecular flexibility index (Phi) is 2.09. The Bertz CT molecular complexity index is 516. The molecule has 0 aromatic carbocycles. The predicted octanol–water partition coefficient (Wildman–Crippen LogP) is 2.34. The summed E-state index contributed by atoms with van der Waals surface area (Å²) in [5.41, 5.74) is 1.70. The maximum atomic E-state index is 9.82. The summed E-state index contributed by atoms with van der Waals surface area (Å²) in [5.74, 6) is 1.34. The van der Waals surface area contributed by atoms with E-state index in [2.05, 4.69) is 17.0 Å². The van der Waals surface area contributed by atoms with Crippen LogP contribution in [0.2, 0.25) is 0 Å². The third kappa shape index (κ3) is 1.37. The maximum Gasteiger partial charge on any atom is 0.215 e. The molecule has 3 rings (SSSR count). The summed E-state index contributed by atoms with van der Waals surface area (Å²) >= 11 is 0. The predicted molar refractivity (Wildman–Crippen MR) is 60.4 cm³/mol.